The highest BCUT2D eigenvalue weighted by Gasteiger charge is 2.21. The number of hydrogen-bond acceptors (Lipinski definition) is 3. The summed E-state index contributed by atoms with van der Waals surface area (Å²) in [5.41, 5.74) is 0. The summed E-state index contributed by atoms with van der Waals surface area (Å²) >= 11 is 0. The molecule has 11 heavy (non-hydrogen) atoms. The molecule has 66 valence electrons. The van der Waals surface area contributed by atoms with Crippen molar-refractivity contribution in [2.24, 2.45) is 0 Å². The van der Waals surface area contributed by atoms with Crippen LogP contribution in [0.2, 0.25) is 0 Å². The molecular weight excluding hydrogens is 142 g/mol. The Morgan fingerprint density at radius 2 is 2.00 bits per heavy atom. The van der Waals surface area contributed by atoms with E-state index in [0.29, 0.717) is 6.54 Å². The largest absolute Gasteiger partial charge is 0.395 e. The van der Waals surface area contributed by atoms with Gasteiger partial charge in [0, 0.05) is 12.6 Å². The fourth-order valence-electron chi connectivity index (χ4n) is 1.60. The molecule has 0 heterocycles. The maximum Gasteiger partial charge on any atom is 0.0693 e. The Morgan fingerprint density at radius 1 is 1.27 bits per heavy atom. The molecule has 0 bridgehead atoms. The van der Waals surface area contributed by atoms with Crippen molar-refractivity contribution in [2.75, 3.05) is 13.2 Å². The van der Waals surface area contributed by atoms with Crippen LogP contribution in [0.5, 0.6) is 0 Å². The van der Waals surface area contributed by atoms with Crippen molar-refractivity contribution < 1.29 is 10.2 Å². The smallest absolute Gasteiger partial charge is 0.0693 e. The lowest BCUT2D eigenvalue weighted by molar-refractivity contribution is 0.0883. The minimum absolute atomic E-state index is 0.156. The zero-order chi connectivity index (χ0) is 8.10. The molecule has 0 saturated heterocycles. The van der Waals surface area contributed by atoms with Gasteiger partial charge >= 0.3 is 0 Å². The fourth-order valence-corrected chi connectivity index (χ4v) is 1.60. The van der Waals surface area contributed by atoms with Crippen LogP contribution in [0.1, 0.15) is 25.7 Å². The molecule has 0 aliphatic heterocycles. The van der Waals surface area contributed by atoms with Gasteiger partial charge in [-0.25, -0.2) is 0 Å². The lowest BCUT2D eigenvalue weighted by Crippen LogP contribution is -2.43. The van der Waals surface area contributed by atoms with E-state index in [-0.39, 0.29) is 18.8 Å². The molecule has 1 rings (SSSR count). The molecule has 2 unspecified atom stereocenters. The zero-order valence-corrected chi connectivity index (χ0v) is 6.79. The van der Waals surface area contributed by atoms with E-state index >= 15 is 0 Å². The molecule has 1 aliphatic rings. The van der Waals surface area contributed by atoms with Crippen LogP contribution in [0.3, 0.4) is 0 Å². The first kappa shape index (κ1) is 8.97. The first-order chi connectivity index (χ1) is 5.34. The van der Waals surface area contributed by atoms with Gasteiger partial charge < -0.3 is 15.5 Å². The van der Waals surface area contributed by atoms with Crippen LogP contribution < -0.4 is 5.32 Å². The zero-order valence-electron chi connectivity index (χ0n) is 6.79. The van der Waals surface area contributed by atoms with E-state index in [1.54, 1.807) is 0 Å². The summed E-state index contributed by atoms with van der Waals surface area (Å²) in [6.45, 7) is 0.755. The van der Waals surface area contributed by atoms with Crippen molar-refractivity contribution in [1.82, 2.24) is 5.32 Å². The van der Waals surface area contributed by atoms with E-state index in [1.807, 2.05) is 0 Å². The highest BCUT2D eigenvalue weighted by Crippen LogP contribution is 2.17. The average Bonchev–Trinajstić information content (AvgIpc) is 2.03. The van der Waals surface area contributed by atoms with Gasteiger partial charge in [0.05, 0.1) is 12.7 Å². The van der Waals surface area contributed by atoms with Gasteiger partial charge in [-0.1, -0.05) is 12.8 Å². The molecule has 1 fully saturated rings. The predicted octanol–water partition coefficient (Wildman–Crippen LogP) is -0.128. The maximum atomic E-state index is 9.45. The van der Waals surface area contributed by atoms with Crippen LogP contribution in [-0.4, -0.2) is 35.5 Å². The van der Waals surface area contributed by atoms with Gasteiger partial charge in [-0.3, -0.25) is 0 Å². The Labute approximate surface area is 67.4 Å². The SMILES string of the molecule is OCCNC1CCCCC1O. The molecule has 0 radical (unpaired) electrons. The second-order valence-electron chi connectivity index (χ2n) is 3.14. The summed E-state index contributed by atoms with van der Waals surface area (Å²) < 4.78 is 0. The third kappa shape index (κ3) is 2.77. The van der Waals surface area contributed by atoms with Crippen LogP contribution in [0.4, 0.5) is 0 Å². The highest BCUT2D eigenvalue weighted by molar-refractivity contribution is 4.79. The summed E-state index contributed by atoms with van der Waals surface area (Å²) in [5, 5.41) is 21.1. The topological polar surface area (TPSA) is 52.5 Å². The Bertz CT molecular complexity index is 108. The summed E-state index contributed by atoms with van der Waals surface area (Å²) in [6.07, 6.45) is 4.08. The van der Waals surface area contributed by atoms with Crippen LogP contribution in [0, 0.1) is 0 Å². The minimum Gasteiger partial charge on any atom is -0.395 e. The molecule has 0 spiro atoms. The third-order valence-corrected chi connectivity index (χ3v) is 2.25. The predicted molar refractivity (Wildman–Crippen MR) is 43.4 cm³/mol. The van der Waals surface area contributed by atoms with Gasteiger partial charge in [0.25, 0.3) is 0 Å². The van der Waals surface area contributed by atoms with Gasteiger partial charge in [-0.2, -0.15) is 0 Å². The summed E-state index contributed by atoms with van der Waals surface area (Å²) in [7, 11) is 0. The van der Waals surface area contributed by atoms with E-state index in [2.05, 4.69) is 5.32 Å². The van der Waals surface area contributed by atoms with Gasteiger partial charge in [0.2, 0.25) is 0 Å². The van der Waals surface area contributed by atoms with Gasteiger partial charge in [0.15, 0.2) is 0 Å². The number of hydrogen-bond donors (Lipinski definition) is 3. The number of rotatable bonds is 3. The second kappa shape index (κ2) is 4.70. The van der Waals surface area contributed by atoms with Gasteiger partial charge in [-0.15, -0.1) is 0 Å². The first-order valence-corrected chi connectivity index (χ1v) is 4.37. The monoisotopic (exact) mass is 159 g/mol. The Morgan fingerprint density at radius 3 is 2.64 bits per heavy atom. The van der Waals surface area contributed by atoms with Gasteiger partial charge in [0.1, 0.15) is 0 Å². The number of aliphatic hydroxyl groups is 2. The number of aliphatic hydroxyl groups excluding tert-OH is 2. The molecule has 3 N–H and O–H groups in total. The first-order valence-electron chi connectivity index (χ1n) is 4.37. The van der Waals surface area contributed by atoms with Crippen molar-refractivity contribution in [3.63, 3.8) is 0 Å². The average molecular weight is 159 g/mol. The fraction of sp³-hybridized carbons (Fsp3) is 1.00. The van der Waals surface area contributed by atoms with E-state index in [9.17, 15) is 5.11 Å². The Kier molecular flexibility index (Phi) is 3.83. The molecule has 0 aromatic carbocycles. The summed E-state index contributed by atoms with van der Waals surface area (Å²) in [5.74, 6) is 0. The van der Waals surface area contributed by atoms with E-state index < -0.39 is 0 Å². The molecule has 3 heteroatoms. The van der Waals surface area contributed by atoms with Crippen molar-refractivity contribution >= 4 is 0 Å². The molecule has 0 amide bonds. The van der Waals surface area contributed by atoms with E-state index in [4.69, 9.17) is 5.11 Å². The Hall–Kier alpha value is -0.120. The normalized spacial score (nSPS) is 32.2. The third-order valence-electron chi connectivity index (χ3n) is 2.25. The molecule has 1 saturated carbocycles. The Balaban J connectivity index is 2.18. The van der Waals surface area contributed by atoms with Crippen molar-refractivity contribution in [1.29, 1.82) is 0 Å². The number of nitrogens with one attached hydrogen (secondary N) is 1. The standard InChI is InChI=1S/C8H17NO2/c10-6-5-9-7-3-1-2-4-8(7)11/h7-11H,1-6H2. The van der Waals surface area contributed by atoms with Crippen molar-refractivity contribution in [2.45, 2.75) is 37.8 Å². The van der Waals surface area contributed by atoms with E-state index in [1.165, 1.54) is 6.42 Å². The quantitative estimate of drug-likeness (QED) is 0.538. The van der Waals surface area contributed by atoms with Crippen LogP contribution in [0.25, 0.3) is 0 Å². The molecule has 0 aromatic heterocycles. The molecule has 0 aromatic rings. The molecular formula is C8H17NO2. The minimum atomic E-state index is -0.199. The molecule has 3 nitrogen and oxygen atoms in total. The van der Waals surface area contributed by atoms with Crippen LogP contribution >= 0.6 is 0 Å². The summed E-state index contributed by atoms with van der Waals surface area (Å²) in [4.78, 5) is 0. The van der Waals surface area contributed by atoms with Crippen LogP contribution in [0.15, 0.2) is 0 Å². The van der Waals surface area contributed by atoms with E-state index in [0.717, 1.165) is 19.3 Å². The van der Waals surface area contributed by atoms with Crippen molar-refractivity contribution in [3.8, 4) is 0 Å². The summed E-state index contributed by atoms with van der Waals surface area (Å²) in [6, 6.07) is 0.218. The molecule has 1 aliphatic carbocycles. The second-order valence-corrected chi connectivity index (χ2v) is 3.14. The van der Waals surface area contributed by atoms with Crippen molar-refractivity contribution in [3.05, 3.63) is 0 Å². The van der Waals surface area contributed by atoms with Gasteiger partial charge in [-0.05, 0) is 12.8 Å². The lowest BCUT2D eigenvalue weighted by Gasteiger charge is -2.28. The lowest BCUT2D eigenvalue weighted by atomic mass is 9.93. The highest BCUT2D eigenvalue weighted by atomic mass is 16.3. The molecule has 2 atom stereocenters. The van der Waals surface area contributed by atoms with Crippen LogP contribution in [-0.2, 0) is 0 Å². The maximum absolute atomic E-state index is 9.45.